The van der Waals surface area contributed by atoms with Gasteiger partial charge >= 0.3 is 0 Å². The summed E-state index contributed by atoms with van der Waals surface area (Å²) < 4.78 is 14.6. The summed E-state index contributed by atoms with van der Waals surface area (Å²) in [7, 11) is 0. The first-order chi connectivity index (χ1) is 14.1. The van der Waals surface area contributed by atoms with Gasteiger partial charge in [0.15, 0.2) is 0 Å². The molecule has 2 heterocycles. The monoisotopic (exact) mass is 406 g/mol. The van der Waals surface area contributed by atoms with Crippen LogP contribution in [0.3, 0.4) is 0 Å². The molecular formula is C21H15FN4O2S. The van der Waals surface area contributed by atoms with Crippen LogP contribution in [-0.2, 0) is 0 Å². The van der Waals surface area contributed by atoms with E-state index in [4.69, 9.17) is 0 Å². The largest absolute Gasteiger partial charge is 0.279 e. The number of hydrogen-bond donors (Lipinski definition) is 2. The molecule has 4 rings (SSSR count). The normalized spacial score (nSPS) is 10.5. The number of hydrazine groups is 1. The Morgan fingerprint density at radius 3 is 2.38 bits per heavy atom. The lowest BCUT2D eigenvalue weighted by Gasteiger charge is -2.04. The summed E-state index contributed by atoms with van der Waals surface area (Å²) in [4.78, 5) is 25.8. The molecule has 0 aliphatic heterocycles. The maximum atomic E-state index is 13.0. The highest BCUT2D eigenvalue weighted by Crippen LogP contribution is 2.28. The molecule has 2 amide bonds. The lowest BCUT2D eigenvalue weighted by molar-refractivity contribution is 0.0849. The van der Waals surface area contributed by atoms with Crippen LogP contribution in [0.2, 0.25) is 0 Å². The van der Waals surface area contributed by atoms with E-state index in [1.54, 1.807) is 35.1 Å². The molecule has 0 radical (unpaired) electrons. The zero-order chi connectivity index (χ0) is 20.2. The summed E-state index contributed by atoms with van der Waals surface area (Å²) in [5, 5.41) is 4.15. The number of benzene rings is 2. The van der Waals surface area contributed by atoms with Gasteiger partial charge in [-0.3, -0.25) is 20.4 Å². The molecule has 0 saturated carbocycles. The van der Waals surface area contributed by atoms with Crippen molar-refractivity contribution in [3.63, 3.8) is 0 Å². The van der Waals surface area contributed by atoms with Gasteiger partial charge in [0.2, 0.25) is 0 Å². The third kappa shape index (κ3) is 4.22. The molecule has 4 aromatic rings. The molecule has 0 aliphatic rings. The fraction of sp³-hybridized carbons (Fsp3) is 0. The molecule has 0 bridgehead atoms. The zero-order valence-electron chi connectivity index (χ0n) is 15.0. The van der Waals surface area contributed by atoms with E-state index in [1.807, 2.05) is 30.3 Å². The third-order valence-corrected chi connectivity index (χ3v) is 5.25. The highest BCUT2D eigenvalue weighted by molar-refractivity contribution is 7.17. The van der Waals surface area contributed by atoms with Gasteiger partial charge in [0.25, 0.3) is 11.8 Å². The average Bonchev–Trinajstić information content (AvgIpc) is 3.43. The molecule has 6 nitrogen and oxygen atoms in total. The fourth-order valence-electron chi connectivity index (χ4n) is 2.64. The van der Waals surface area contributed by atoms with Gasteiger partial charge in [-0.1, -0.05) is 30.3 Å². The standard InChI is InChI=1S/C21H15FN4O2S/c22-16-8-6-14(7-9-16)18-10-11-19(29-18)21(28)25-24-20(27)15-12-23-26(13-15)17-4-2-1-3-5-17/h1-13H,(H,24,27)(H,25,28). The number of nitrogens with one attached hydrogen (secondary N) is 2. The predicted octanol–water partition coefficient (Wildman–Crippen LogP) is 3.81. The molecule has 2 aromatic carbocycles. The highest BCUT2D eigenvalue weighted by atomic mass is 32.1. The lowest BCUT2D eigenvalue weighted by atomic mass is 10.2. The van der Waals surface area contributed by atoms with E-state index in [0.717, 1.165) is 16.1 Å². The average molecular weight is 406 g/mol. The van der Waals surface area contributed by atoms with E-state index in [9.17, 15) is 14.0 Å². The van der Waals surface area contributed by atoms with Gasteiger partial charge in [-0.2, -0.15) is 5.10 Å². The SMILES string of the molecule is O=C(NNC(=O)c1ccc(-c2ccc(F)cc2)s1)c1cnn(-c2ccccc2)c1. The van der Waals surface area contributed by atoms with Crippen molar-refractivity contribution in [1.82, 2.24) is 20.6 Å². The van der Waals surface area contributed by atoms with Crippen molar-refractivity contribution >= 4 is 23.2 Å². The van der Waals surface area contributed by atoms with Crippen molar-refractivity contribution in [2.75, 3.05) is 0 Å². The van der Waals surface area contributed by atoms with E-state index in [0.29, 0.717) is 10.4 Å². The minimum absolute atomic E-state index is 0.312. The Labute approximate surface area is 169 Å². The first-order valence-electron chi connectivity index (χ1n) is 8.67. The summed E-state index contributed by atoms with van der Waals surface area (Å²) in [5.74, 6) is -1.23. The van der Waals surface area contributed by atoms with Crippen LogP contribution in [0.5, 0.6) is 0 Å². The maximum Gasteiger partial charge on any atom is 0.279 e. The number of hydrogen-bond acceptors (Lipinski definition) is 4. The van der Waals surface area contributed by atoms with E-state index in [-0.39, 0.29) is 5.82 Å². The van der Waals surface area contributed by atoms with Crippen LogP contribution in [0.15, 0.2) is 79.1 Å². The summed E-state index contributed by atoms with van der Waals surface area (Å²) >= 11 is 1.25. The zero-order valence-corrected chi connectivity index (χ0v) is 15.8. The number of thiophene rings is 1. The van der Waals surface area contributed by atoms with Gasteiger partial charge in [0, 0.05) is 11.1 Å². The third-order valence-electron chi connectivity index (χ3n) is 4.11. The number of para-hydroxylation sites is 1. The first-order valence-corrected chi connectivity index (χ1v) is 9.48. The van der Waals surface area contributed by atoms with Crippen molar-refractivity contribution in [3.05, 3.63) is 95.4 Å². The summed E-state index contributed by atoms with van der Waals surface area (Å²) in [5.41, 5.74) is 6.73. The van der Waals surface area contributed by atoms with Crippen LogP contribution in [-0.4, -0.2) is 21.6 Å². The minimum atomic E-state index is -0.476. The molecule has 0 aliphatic carbocycles. The smallest absolute Gasteiger partial charge is 0.267 e. The Morgan fingerprint density at radius 1 is 0.897 bits per heavy atom. The predicted molar refractivity (Wildman–Crippen MR) is 108 cm³/mol. The second-order valence-electron chi connectivity index (χ2n) is 6.09. The van der Waals surface area contributed by atoms with Crippen molar-refractivity contribution < 1.29 is 14.0 Å². The highest BCUT2D eigenvalue weighted by Gasteiger charge is 2.14. The summed E-state index contributed by atoms with van der Waals surface area (Å²) in [6.45, 7) is 0. The second kappa shape index (κ2) is 8.07. The maximum absolute atomic E-state index is 13.0. The van der Waals surface area contributed by atoms with Crippen LogP contribution >= 0.6 is 11.3 Å². The second-order valence-corrected chi connectivity index (χ2v) is 7.17. The molecule has 0 fully saturated rings. The molecule has 2 aromatic heterocycles. The Hall–Kier alpha value is -3.78. The van der Waals surface area contributed by atoms with Gasteiger partial charge in [-0.25, -0.2) is 9.07 Å². The molecule has 8 heteroatoms. The topological polar surface area (TPSA) is 76.0 Å². The Balaban J connectivity index is 1.38. The number of nitrogens with zero attached hydrogens (tertiary/aromatic N) is 2. The first kappa shape index (κ1) is 18.6. The summed E-state index contributed by atoms with van der Waals surface area (Å²) in [6.07, 6.45) is 3.00. The van der Waals surface area contributed by atoms with Gasteiger partial charge in [-0.05, 0) is 42.0 Å². The van der Waals surface area contributed by atoms with Gasteiger partial charge in [-0.15, -0.1) is 11.3 Å². The number of carbonyl (C=O) groups excluding carboxylic acids is 2. The minimum Gasteiger partial charge on any atom is -0.267 e. The van der Waals surface area contributed by atoms with Gasteiger partial charge < -0.3 is 0 Å². The van der Waals surface area contributed by atoms with Crippen LogP contribution in [0.4, 0.5) is 4.39 Å². The quantitative estimate of drug-likeness (QED) is 0.506. The van der Waals surface area contributed by atoms with E-state index in [1.165, 1.54) is 29.7 Å². The molecule has 0 atom stereocenters. The number of aromatic nitrogens is 2. The van der Waals surface area contributed by atoms with Crippen molar-refractivity contribution in [3.8, 4) is 16.1 Å². The van der Waals surface area contributed by atoms with Gasteiger partial charge in [0.05, 0.1) is 22.3 Å². The molecule has 29 heavy (non-hydrogen) atoms. The Bertz CT molecular complexity index is 1150. The molecular weight excluding hydrogens is 391 g/mol. The van der Waals surface area contributed by atoms with Gasteiger partial charge in [0.1, 0.15) is 5.82 Å². The van der Waals surface area contributed by atoms with Crippen LogP contribution < -0.4 is 10.9 Å². The van der Waals surface area contributed by atoms with Crippen molar-refractivity contribution in [1.29, 1.82) is 0 Å². The number of halogens is 1. The molecule has 0 spiro atoms. The molecule has 0 unspecified atom stereocenters. The molecule has 2 N–H and O–H groups in total. The van der Waals surface area contributed by atoms with E-state index < -0.39 is 11.8 Å². The Kier molecular flexibility index (Phi) is 5.17. The van der Waals surface area contributed by atoms with Crippen molar-refractivity contribution in [2.24, 2.45) is 0 Å². The molecule has 144 valence electrons. The number of carbonyl (C=O) groups is 2. The van der Waals surface area contributed by atoms with Crippen molar-refractivity contribution in [2.45, 2.75) is 0 Å². The number of amides is 2. The van der Waals surface area contributed by atoms with Crippen LogP contribution in [0.25, 0.3) is 16.1 Å². The lowest BCUT2D eigenvalue weighted by Crippen LogP contribution is -2.41. The van der Waals surface area contributed by atoms with Crippen LogP contribution in [0, 0.1) is 5.82 Å². The fourth-order valence-corrected chi connectivity index (χ4v) is 3.55. The summed E-state index contributed by atoms with van der Waals surface area (Å²) in [6, 6.07) is 18.8. The van der Waals surface area contributed by atoms with E-state index >= 15 is 0 Å². The molecule has 0 saturated heterocycles. The number of rotatable bonds is 4. The van der Waals surface area contributed by atoms with Crippen LogP contribution in [0.1, 0.15) is 20.0 Å². The van der Waals surface area contributed by atoms with E-state index in [2.05, 4.69) is 16.0 Å². The Morgan fingerprint density at radius 2 is 1.62 bits per heavy atom.